The molecule has 1 aromatic rings. The number of amides is 3. The van der Waals surface area contributed by atoms with Crippen LogP contribution in [0.1, 0.15) is 38.5 Å². The van der Waals surface area contributed by atoms with Gasteiger partial charge in [-0.3, -0.25) is 14.4 Å². The molecule has 1 saturated carbocycles. The van der Waals surface area contributed by atoms with E-state index < -0.39 is 29.6 Å². The highest BCUT2D eigenvalue weighted by molar-refractivity contribution is 6.02. The number of methoxy groups -OCH3 is 2. The molecular weight excluding hydrogens is 462 g/mol. The predicted octanol–water partition coefficient (Wildman–Crippen LogP) is 2.27. The van der Waals surface area contributed by atoms with Gasteiger partial charge >= 0.3 is 0 Å². The van der Waals surface area contributed by atoms with Gasteiger partial charge in [0.25, 0.3) is 0 Å². The molecule has 3 fully saturated rings. The SMILES string of the molecule is COCCCN1C(=O)[C@H]2[C@H](C(=O)Nc3ccc(OC)cc3)[C@H]3C=C[C@@]2(O3)[C@H]1C(=O)NC1CCCCC1. The summed E-state index contributed by atoms with van der Waals surface area (Å²) in [6.45, 7) is 0.835. The van der Waals surface area contributed by atoms with Crippen molar-refractivity contribution in [2.75, 3.05) is 32.7 Å². The van der Waals surface area contributed by atoms with Crippen LogP contribution in [0.2, 0.25) is 0 Å². The molecule has 3 aliphatic heterocycles. The second-order valence-electron chi connectivity index (χ2n) is 10.1. The van der Waals surface area contributed by atoms with Gasteiger partial charge in [0.1, 0.15) is 17.4 Å². The number of likely N-dealkylation sites (tertiary alicyclic amines) is 1. The highest BCUT2D eigenvalue weighted by Gasteiger charge is 2.72. The second-order valence-corrected chi connectivity index (χ2v) is 10.1. The van der Waals surface area contributed by atoms with Crippen LogP contribution in [-0.4, -0.2) is 73.8 Å². The second kappa shape index (κ2) is 10.2. The monoisotopic (exact) mass is 497 g/mol. The summed E-state index contributed by atoms with van der Waals surface area (Å²) in [5.74, 6) is -1.49. The Kier molecular flexibility index (Phi) is 7.03. The van der Waals surface area contributed by atoms with Gasteiger partial charge in [-0.2, -0.15) is 0 Å². The van der Waals surface area contributed by atoms with Crippen molar-refractivity contribution in [3.05, 3.63) is 36.4 Å². The number of anilines is 1. The van der Waals surface area contributed by atoms with E-state index in [0.29, 0.717) is 31.0 Å². The molecule has 9 nitrogen and oxygen atoms in total. The number of carbonyl (C=O) groups is 3. The molecule has 4 aliphatic rings. The minimum atomic E-state index is -1.14. The summed E-state index contributed by atoms with van der Waals surface area (Å²) < 4.78 is 16.8. The lowest BCUT2D eigenvalue weighted by atomic mass is 9.74. The molecule has 2 N–H and O–H groups in total. The van der Waals surface area contributed by atoms with Crippen LogP contribution in [0.25, 0.3) is 0 Å². The van der Waals surface area contributed by atoms with Gasteiger partial charge in [0.05, 0.1) is 25.0 Å². The summed E-state index contributed by atoms with van der Waals surface area (Å²) >= 11 is 0. The molecule has 2 saturated heterocycles. The first-order chi connectivity index (χ1) is 17.5. The zero-order chi connectivity index (χ0) is 25.3. The van der Waals surface area contributed by atoms with Crippen molar-refractivity contribution < 1.29 is 28.6 Å². The Morgan fingerprint density at radius 1 is 1.11 bits per heavy atom. The highest BCUT2D eigenvalue weighted by Crippen LogP contribution is 2.55. The standard InChI is InChI=1S/C27H35N3O6/c1-34-16-6-15-30-23(25(32)29-17-7-4-3-5-8-17)27-14-13-20(36-27)21(22(27)26(30)33)24(31)28-18-9-11-19(35-2)12-10-18/h9-14,17,20-23H,3-8,15-16H2,1-2H3,(H,28,31)(H,29,32)/t20-,21-,22-,23-,27+/m1/s1. The van der Waals surface area contributed by atoms with Crippen molar-refractivity contribution in [3.8, 4) is 5.75 Å². The molecule has 5 rings (SSSR count). The molecule has 5 atom stereocenters. The third-order valence-corrected chi connectivity index (χ3v) is 7.98. The van der Waals surface area contributed by atoms with Crippen LogP contribution in [0.4, 0.5) is 5.69 Å². The van der Waals surface area contributed by atoms with Crippen molar-refractivity contribution in [2.24, 2.45) is 11.8 Å². The quantitative estimate of drug-likeness (QED) is 0.401. The molecule has 3 amide bonds. The third kappa shape index (κ3) is 4.28. The van der Waals surface area contributed by atoms with Crippen LogP contribution in [0.5, 0.6) is 5.75 Å². The molecule has 3 heterocycles. The summed E-state index contributed by atoms with van der Waals surface area (Å²) in [7, 11) is 3.19. The Hall–Kier alpha value is -2.91. The molecule has 0 radical (unpaired) electrons. The Labute approximate surface area is 211 Å². The van der Waals surface area contributed by atoms with E-state index in [4.69, 9.17) is 14.2 Å². The molecular formula is C27H35N3O6. The number of benzene rings is 1. The lowest BCUT2D eigenvalue weighted by molar-refractivity contribution is -0.141. The van der Waals surface area contributed by atoms with E-state index >= 15 is 0 Å². The average molecular weight is 498 g/mol. The lowest BCUT2D eigenvalue weighted by Crippen LogP contribution is -2.56. The van der Waals surface area contributed by atoms with E-state index in [1.807, 2.05) is 12.2 Å². The van der Waals surface area contributed by atoms with E-state index in [1.165, 1.54) is 6.42 Å². The number of hydrogen-bond acceptors (Lipinski definition) is 6. The third-order valence-electron chi connectivity index (χ3n) is 7.98. The molecule has 194 valence electrons. The van der Waals surface area contributed by atoms with Crippen LogP contribution >= 0.6 is 0 Å². The minimum absolute atomic E-state index is 0.106. The Bertz CT molecular complexity index is 1020. The molecule has 1 aliphatic carbocycles. The summed E-state index contributed by atoms with van der Waals surface area (Å²) in [6, 6.07) is 6.33. The largest absolute Gasteiger partial charge is 0.497 e. The number of fused-ring (bicyclic) bond motifs is 1. The highest BCUT2D eigenvalue weighted by atomic mass is 16.5. The van der Waals surface area contributed by atoms with Gasteiger partial charge in [-0.05, 0) is 43.5 Å². The maximum Gasteiger partial charge on any atom is 0.246 e. The van der Waals surface area contributed by atoms with E-state index in [0.717, 1.165) is 25.7 Å². The predicted molar refractivity (Wildman–Crippen MR) is 132 cm³/mol. The van der Waals surface area contributed by atoms with Gasteiger partial charge in [0, 0.05) is 32.0 Å². The zero-order valence-corrected chi connectivity index (χ0v) is 20.9. The number of ether oxygens (including phenoxy) is 3. The number of carbonyl (C=O) groups excluding carboxylic acids is 3. The topological polar surface area (TPSA) is 106 Å². The van der Waals surface area contributed by atoms with E-state index in [2.05, 4.69) is 10.6 Å². The van der Waals surface area contributed by atoms with Gasteiger partial charge in [-0.1, -0.05) is 31.4 Å². The van der Waals surface area contributed by atoms with Crippen molar-refractivity contribution in [1.82, 2.24) is 10.2 Å². The fourth-order valence-corrected chi connectivity index (χ4v) is 6.31. The van der Waals surface area contributed by atoms with Crippen molar-refractivity contribution in [1.29, 1.82) is 0 Å². The molecule has 9 heteroatoms. The first-order valence-corrected chi connectivity index (χ1v) is 12.9. The maximum atomic E-state index is 13.8. The van der Waals surface area contributed by atoms with Crippen LogP contribution in [0, 0.1) is 11.8 Å². The van der Waals surface area contributed by atoms with Crippen molar-refractivity contribution in [2.45, 2.75) is 62.3 Å². The number of rotatable bonds is 9. The van der Waals surface area contributed by atoms with Crippen LogP contribution in [-0.2, 0) is 23.9 Å². The minimum Gasteiger partial charge on any atom is -0.497 e. The first kappa shape index (κ1) is 24.8. The zero-order valence-electron chi connectivity index (χ0n) is 20.9. The van der Waals surface area contributed by atoms with Gasteiger partial charge in [0.15, 0.2) is 0 Å². The Morgan fingerprint density at radius 3 is 2.56 bits per heavy atom. The van der Waals surface area contributed by atoms with Gasteiger partial charge in [0.2, 0.25) is 17.7 Å². The number of nitrogens with one attached hydrogen (secondary N) is 2. The fraction of sp³-hybridized carbons (Fsp3) is 0.593. The smallest absolute Gasteiger partial charge is 0.246 e. The summed E-state index contributed by atoms with van der Waals surface area (Å²) in [5, 5.41) is 6.12. The molecule has 2 bridgehead atoms. The van der Waals surface area contributed by atoms with Crippen LogP contribution in [0.3, 0.4) is 0 Å². The summed E-state index contributed by atoms with van der Waals surface area (Å²) in [6.07, 6.45) is 8.97. The van der Waals surface area contributed by atoms with Crippen LogP contribution < -0.4 is 15.4 Å². The van der Waals surface area contributed by atoms with Crippen molar-refractivity contribution in [3.63, 3.8) is 0 Å². The lowest BCUT2D eigenvalue weighted by Gasteiger charge is -2.34. The summed E-state index contributed by atoms with van der Waals surface area (Å²) in [5.41, 5.74) is -0.536. The van der Waals surface area contributed by atoms with E-state index in [9.17, 15) is 14.4 Å². The van der Waals surface area contributed by atoms with Crippen molar-refractivity contribution >= 4 is 23.4 Å². The van der Waals surface area contributed by atoms with E-state index in [-0.39, 0.29) is 23.8 Å². The molecule has 0 unspecified atom stereocenters. The molecule has 1 aromatic carbocycles. The number of hydrogen-bond donors (Lipinski definition) is 2. The molecule has 36 heavy (non-hydrogen) atoms. The molecule has 1 spiro atoms. The van der Waals surface area contributed by atoms with Crippen LogP contribution in [0.15, 0.2) is 36.4 Å². The van der Waals surface area contributed by atoms with Gasteiger partial charge in [-0.25, -0.2) is 0 Å². The fourth-order valence-electron chi connectivity index (χ4n) is 6.31. The normalized spacial score (nSPS) is 30.9. The molecule has 0 aromatic heterocycles. The summed E-state index contributed by atoms with van der Waals surface area (Å²) in [4.78, 5) is 42.6. The van der Waals surface area contributed by atoms with Gasteiger partial charge < -0.3 is 29.7 Å². The number of nitrogens with zero attached hydrogens (tertiary/aromatic N) is 1. The first-order valence-electron chi connectivity index (χ1n) is 12.9. The maximum absolute atomic E-state index is 13.8. The Balaban J connectivity index is 1.40. The Morgan fingerprint density at radius 2 is 1.86 bits per heavy atom. The van der Waals surface area contributed by atoms with Gasteiger partial charge in [-0.15, -0.1) is 0 Å². The average Bonchev–Trinajstić information content (AvgIpc) is 3.53. The van der Waals surface area contributed by atoms with E-state index in [1.54, 1.807) is 43.4 Å².